The van der Waals surface area contributed by atoms with Crippen LogP contribution < -0.4 is 0 Å². The molecule has 0 aliphatic rings. The molecule has 1 N–H and O–H groups in total. The zero-order chi connectivity index (χ0) is 17.8. The second-order valence-electron chi connectivity index (χ2n) is 5.00. The Hall–Kier alpha value is -2.18. The van der Waals surface area contributed by atoms with Crippen molar-refractivity contribution in [2.75, 3.05) is 6.61 Å². The molecule has 0 amide bonds. The molecule has 0 atom stereocenters. The maximum atomic E-state index is 11.4. The Kier molecular flexibility index (Phi) is 8.75. The van der Waals surface area contributed by atoms with E-state index in [1.165, 1.54) is 12.1 Å². The van der Waals surface area contributed by atoms with Crippen LogP contribution in [0.15, 0.2) is 65.6 Å². The van der Waals surface area contributed by atoms with Gasteiger partial charge < -0.3 is 4.74 Å². The summed E-state index contributed by atoms with van der Waals surface area (Å²) >= 11 is 0. The average molecular weight is 350 g/mol. The maximum absolute atomic E-state index is 11.4. The van der Waals surface area contributed by atoms with E-state index in [9.17, 15) is 13.2 Å². The molecule has 0 aliphatic carbocycles. The summed E-state index contributed by atoms with van der Waals surface area (Å²) < 4.78 is 34.3. The fraction of sp³-hybridized carbons (Fsp3) is 0.278. The van der Waals surface area contributed by atoms with E-state index in [1.807, 2.05) is 18.2 Å². The van der Waals surface area contributed by atoms with Crippen LogP contribution in [0, 0.1) is 0 Å². The molecule has 0 saturated carbocycles. The van der Waals surface area contributed by atoms with Gasteiger partial charge in [-0.15, -0.1) is 0 Å². The standard InChI is InChI=1S/C12H16O2.C6H6O3S/c1-2-3-7-10-14-12(13)11-8-5-4-6-9-11;7-10(8,9)6-4-2-1-3-5-6/h4-6,8-9H,2-3,7,10H2,1H3;1-5H,(H,7,8,9). The van der Waals surface area contributed by atoms with E-state index < -0.39 is 10.1 Å². The molecule has 130 valence electrons. The molecule has 5 nitrogen and oxygen atoms in total. The van der Waals surface area contributed by atoms with Crippen molar-refractivity contribution in [3.05, 3.63) is 66.2 Å². The van der Waals surface area contributed by atoms with Crippen LogP contribution in [0.5, 0.6) is 0 Å². The van der Waals surface area contributed by atoms with Crippen LogP contribution in [0.2, 0.25) is 0 Å². The van der Waals surface area contributed by atoms with Gasteiger partial charge in [0.25, 0.3) is 10.1 Å². The molecule has 6 heteroatoms. The number of esters is 1. The lowest BCUT2D eigenvalue weighted by Crippen LogP contribution is -2.05. The van der Waals surface area contributed by atoms with Crippen LogP contribution in [0.1, 0.15) is 36.5 Å². The molecule has 0 aromatic heterocycles. The topological polar surface area (TPSA) is 80.7 Å². The average Bonchev–Trinajstić information content (AvgIpc) is 2.60. The molecule has 24 heavy (non-hydrogen) atoms. The Bertz CT molecular complexity index is 697. The third-order valence-electron chi connectivity index (χ3n) is 3.03. The third kappa shape index (κ3) is 7.89. The number of hydrogen-bond donors (Lipinski definition) is 1. The van der Waals surface area contributed by atoms with E-state index in [1.54, 1.807) is 30.3 Å². The molecule has 0 unspecified atom stereocenters. The quantitative estimate of drug-likeness (QED) is 0.484. The number of unbranched alkanes of at least 4 members (excludes halogenated alkanes) is 2. The SMILES string of the molecule is CCCCCOC(=O)c1ccccc1.O=S(=O)(O)c1ccccc1. The normalized spacial score (nSPS) is 10.4. The summed E-state index contributed by atoms with van der Waals surface area (Å²) in [6.45, 7) is 2.65. The summed E-state index contributed by atoms with van der Waals surface area (Å²) in [5.41, 5.74) is 0.629. The monoisotopic (exact) mass is 350 g/mol. The fourth-order valence-electron chi connectivity index (χ4n) is 1.77. The number of carbonyl (C=O) groups excluding carboxylic acids is 1. The molecule has 0 heterocycles. The van der Waals surface area contributed by atoms with Gasteiger partial charge in [-0.05, 0) is 30.7 Å². The van der Waals surface area contributed by atoms with E-state index in [2.05, 4.69) is 6.92 Å². The lowest BCUT2D eigenvalue weighted by atomic mass is 10.2. The predicted molar refractivity (Wildman–Crippen MR) is 92.5 cm³/mol. The highest BCUT2D eigenvalue weighted by Crippen LogP contribution is 2.05. The Morgan fingerprint density at radius 1 is 0.958 bits per heavy atom. The van der Waals surface area contributed by atoms with Gasteiger partial charge in [-0.3, -0.25) is 4.55 Å². The van der Waals surface area contributed by atoms with Crippen LogP contribution >= 0.6 is 0 Å². The first-order valence-corrected chi connectivity index (χ1v) is 9.14. The Balaban J connectivity index is 0.000000254. The van der Waals surface area contributed by atoms with Gasteiger partial charge in [0, 0.05) is 0 Å². The van der Waals surface area contributed by atoms with Crippen LogP contribution in [-0.2, 0) is 14.9 Å². The van der Waals surface area contributed by atoms with Gasteiger partial charge in [0.1, 0.15) is 0 Å². The maximum Gasteiger partial charge on any atom is 0.338 e. The van der Waals surface area contributed by atoms with Crippen molar-refractivity contribution in [3.63, 3.8) is 0 Å². The van der Waals surface area contributed by atoms with Crippen LogP contribution in [0.4, 0.5) is 0 Å². The number of benzene rings is 2. The lowest BCUT2D eigenvalue weighted by Gasteiger charge is -2.03. The van der Waals surface area contributed by atoms with Crippen molar-refractivity contribution in [3.8, 4) is 0 Å². The Labute approximate surface area is 143 Å². The smallest absolute Gasteiger partial charge is 0.338 e. The van der Waals surface area contributed by atoms with Crippen molar-refractivity contribution in [2.24, 2.45) is 0 Å². The van der Waals surface area contributed by atoms with E-state index in [0.29, 0.717) is 12.2 Å². The third-order valence-corrected chi connectivity index (χ3v) is 3.90. The second kappa shape index (κ2) is 10.6. The highest BCUT2D eigenvalue weighted by Gasteiger charge is 2.06. The zero-order valence-electron chi connectivity index (χ0n) is 13.6. The summed E-state index contributed by atoms with van der Waals surface area (Å²) in [6, 6.07) is 16.5. The van der Waals surface area contributed by atoms with E-state index in [-0.39, 0.29) is 10.9 Å². The first-order valence-electron chi connectivity index (χ1n) is 7.70. The minimum atomic E-state index is -4.00. The summed E-state index contributed by atoms with van der Waals surface area (Å²) in [7, 11) is -4.00. The van der Waals surface area contributed by atoms with Crippen molar-refractivity contribution in [2.45, 2.75) is 31.1 Å². The van der Waals surface area contributed by atoms with Gasteiger partial charge in [0.15, 0.2) is 0 Å². The van der Waals surface area contributed by atoms with Crippen molar-refractivity contribution >= 4 is 16.1 Å². The number of rotatable bonds is 6. The molecule has 2 aromatic rings. The first-order chi connectivity index (χ1) is 11.4. The molecule has 2 rings (SSSR count). The van der Waals surface area contributed by atoms with Crippen LogP contribution in [0.3, 0.4) is 0 Å². The molecule has 0 aliphatic heterocycles. The zero-order valence-corrected chi connectivity index (χ0v) is 14.4. The molecule has 2 aromatic carbocycles. The van der Waals surface area contributed by atoms with E-state index in [4.69, 9.17) is 9.29 Å². The molecule has 0 bridgehead atoms. The Morgan fingerprint density at radius 2 is 1.50 bits per heavy atom. The summed E-state index contributed by atoms with van der Waals surface area (Å²) in [6.07, 6.45) is 3.21. The van der Waals surface area contributed by atoms with Gasteiger partial charge in [0.05, 0.1) is 17.1 Å². The van der Waals surface area contributed by atoms with Gasteiger partial charge in [-0.25, -0.2) is 4.79 Å². The van der Waals surface area contributed by atoms with Crippen LogP contribution in [-0.4, -0.2) is 25.5 Å². The van der Waals surface area contributed by atoms with E-state index >= 15 is 0 Å². The highest BCUT2D eigenvalue weighted by atomic mass is 32.2. The molecular weight excluding hydrogens is 328 g/mol. The molecule has 0 saturated heterocycles. The first kappa shape index (κ1) is 19.9. The lowest BCUT2D eigenvalue weighted by molar-refractivity contribution is 0.0498. The molecule has 0 fully saturated rings. The predicted octanol–water partition coefficient (Wildman–Crippen LogP) is 3.97. The number of ether oxygens (including phenoxy) is 1. The fourth-order valence-corrected chi connectivity index (χ4v) is 2.27. The minimum Gasteiger partial charge on any atom is -0.462 e. The summed E-state index contributed by atoms with van der Waals surface area (Å²) in [5.74, 6) is -0.221. The van der Waals surface area contributed by atoms with Crippen molar-refractivity contribution < 1.29 is 22.5 Å². The largest absolute Gasteiger partial charge is 0.462 e. The number of hydrogen-bond acceptors (Lipinski definition) is 4. The van der Waals surface area contributed by atoms with Crippen molar-refractivity contribution in [1.29, 1.82) is 0 Å². The van der Waals surface area contributed by atoms with Crippen molar-refractivity contribution in [1.82, 2.24) is 0 Å². The highest BCUT2D eigenvalue weighted by molar-refractivity contribution is 7.85. The second-order valence-corrected chi connectivity index (χ2v) is 6.42. The minimum absolute atomic E-state index is 0.0741. The summed E-state index contributed by atoms with van der Waals surface area (Å²) in [4.78, 5) is 11.3. The van der Waals surface area contributed by atoms with Gasteiger partial charge in [-0.2, -0.15) is 8.42 Å². The molecular formula is C18H22O5S. The van der Waals surface area contributed by atoms with E-state index in [0.717, 1.165) is 19.3 Å². The molecule has 0 spiro atoms. The van der Waals surface area contributed by atoms with Crippen LogP contribution in [0.25, 0.3) is 0 Å². The van der Waals surface area contributed by atoms with Gasteiger partial charge in [0.2, 0.25) is 0 Å². The van der Waals surface area contributed by atoms with Gasteiger partial charge in [-0.1, -0.05) is 56.2 Å². The molecule has 0 radical (unpaired) electrons. The Morgan fingerprint density at radius 3 is 1.96 bits per heavy atom. The number of carbonyl (C=O) groups is 1. The summed E-state index contributed by atoms with van der Waals surface area (Å²) in [5, 5.41) is 0. The van der Waals surface area contributed by atoms with Gasteiger partial charge >= 0.3 is 5.97 Å².